The van der Waals surface area contributed by atoms with E-state index in [9.17, 15) is 4.79 Å². The highest BCUT2D eigenvalue weighted by Crippen LogP contribution is 2.27. The molecular formula is C20H24N2O2. The molecule has 0 aromatic heterocycles. The van der Waals surface area contributed by atoms with Crippen LogP contribution in [0.3, 0.4) is 0 Å². The van der Waals surface area contributed by atoms with Gasteiger partial charge in [-0.05, 0) is 30.5 Å². The molecule has 2 aromatic rings. The molecule has 1 heterocycles. The number of urea groups is 1. The van der Waals surface area contributed by atoms with Crippen molar-refractivity contribution in [1.82, 2.24) is 4.90 Å². The van der Waals surface area contributed by atoms with Crippen LogP contribution in [0.15, 0.2) is 54.6 Å². The van der Waals surface area contributed by atoms with E-state index in [2.05, 4.69) is 29.6 Å². The van der Waals surface area contributed by atoms with Crippen molar-refractivity contribution in [3.8, 4) is 5.75 Å². The van der Waals surface area contributed by atoms with Crippen molar-refractivity contribution in [1.29, 1.82) is 0 Å². The summed E-state index contributed by atoms with van der Waals surface area (Å²) in [5, 5.41) is 2.99. The van der Waals surface area contributed by atoms with Crippen molar-refractivity contribution in [2.24, 2.45) is 0 Å². The van der Waals surface area contributed by atoms with Crippen molar-refractivity contribution < 1.29 is 9.53 Å². The van der Waals surface area contributed by atoms with Gasteiger partial charge < -0.3 is 15.0 Å². The molecule has 3 rings (SSSR count). The molecule has 1 aliphatic heterocycles. The van der Waals surface area contributed by atoms with Crippen molar-refractivity contribution in [2.75, 3.05) is 25.5 Å². The fourth-order valence-corrected chi connectivity index (χ4v) is 3.23. The Morgan fingerprint density at radius 3 is 2.75 bits per heavy atom. The lowest BCUT2D eigenvalue weighted by molar-refractivity contribution is 0.211. The van der Waals surface area contributed by atoms with Gasteiger partial charge >= 0.3 is 6.03 Å². The van der Waals surface area contributed by atoms with E-state index in [1.807, 2.05) is 35.2 Å². The number of nitrogens with one attached hydrogen (secondary N) is 1. The third-order valence-electron chi connectivity index (χ3n) is 4.55. The second-order valence-electron chi connectivity index (χ2n) is 6.21. The Labute approximate surface area is 143 Å². The third kappa shape index (κ3) is 4.07. The molecule has 24 heavy (non-hydrogen) atoms. The molecule has 1 N–H and O–H groups in total. The largest absolute Gasteiger partial charge is 0.497 e. The van der Waals surface area contributed by atoms with Gasteiger partial charge in [-0.25, -0.2) is 4.79 Å². The minimum Gasteiger partial charge on any atom is -0.497 e. The number of carbonyl (C=O) groups excluding carboxylic acids is 1. The van der Waals surface area contributed by atoms with E-state index in [-0.39, 0.29) is 6.03 Å². The Balaban J connectivity index is 1.69. The maximum absolute atomic E-state index is 12.7. The van der Waals surface area contributed by atoms with Gasteiger partial charge in [0.25, 0.3) is 0 Å². The molecule has 0 spiro atoms. The summed E-state index contributed by atoms with van der Waals surface area (Å²) in [6.45, 7) is 1.57. The smallest absolute Gasteiger partial charge is 0.321 e. The number of ether oxygens (including phenoxy) is 1. The highest BCUT2D eigenvalue weighted by molar-refractivity contribution is 5.89. The number of hydrogen-bond donors (Lipinski definition) is 1. The molecule has 1 aliphatic rings. The molecule has 0 radical (unpaired) electrons. The molecule has 1 unspecified atom stereocenters. The van der Waals surface area contributed by atoms with Gasteiger partial charge in [-0.15, -0.1) is 0 Å². The lowest BCUT2D eigenvalue weighted by atomic mass is 9.94. The molecular weight excluding hydrogens is 300 g/mol. The number of carbonyl (C=O) groups is 1. The Morgan fingerprint density at radius 1 is 1.12 bits per heavy atom. The van der Waals surface area contributed by atoms with Crippen LogP contribution in [0.2, 0.25) is 0 Å². The van der Waals surface area contributed by atoms with Gasteiger partial charge in [-0.1, -0.05) is 42.8 Å². The summed E-state index contributed by atoms with van der Waals surface area (Å²) in [4.78, 5) is 14.6. The van der Waals surface area contributed by atoms with Gasteiger partial charge in [0.1, 0.15) is 5.75 Å². The van der Waals surface area contributed by atoms with Crippen LogP contribution in [0.4, 0.5) is 10.5 Å². The molecule has 4 nitrogen and oxygen atoms in total. The lowest BCUT2D eigenvalue weighted by Gasteiger charge is -2.25. The summed E-state index contributed by atoms with van der Waals surface area (Å²) in [6, 6.07) is 17.9. The third-order valence-corrected chi connectivity index (χ3v) is 4.55. The van der Waals surface area contributed by atoms with Crippen LogP contribution in [-0.4, -0.2) is 31.1 Å². The maximum atomic E-state index is 12.7. The summed E-state index contributed by atoms with van der Waals surface area (Å²) in [5.74, 6) is 1.15. The van der Waals surface area contributed by atoms with E-state index >= 15 is 0 Å². The molecule has 2 aromatic carbocycles. The molecule has 1 fully saturated rings. The standard InChI is InChI=1S/C20H24N2O2/c1-24-19-12-7-11-18(14-19)21-20(23)22-13-6-5-10-17(15-22)16-8-3-2-4-9-16/h2-4,7-9,11-12,14,17H,5-6,10,13,15H2,1H3,(H,21,23). The van der Waals surface area contributed by atoms with Crippen molar-refractivity contribution in [2.45, 2.75) is 25.2 Å². The van der Waals surface area contributed by atoms with Crippen LogP contribution < -0.4 is 10.1 Å². The molecule has 0 bridgehead atoms. The van der Waals surface area contributed by atoms with Crippen molar-refractivity contribution in [3.63, 3.8) is 0 Å². The Bertz CT molecular complexity index is 672. The van der Waals surface area contributed by atoms with Crippen LogP contribution >= 0.6 is 0 Å². The minimum absolute atomic E-state index is 0.0360. The maximum Gasteiger partial charge on any atom is 0.321 e. The first-order chi connectivity index (χ1) is 11.8. The number of methoxy groups -OCH3 is 1. The topological polar surface area (TPSA) is 41.6 Å². The number of benzene rings is 2. The molecule has 4 heteroatoms. The van der Waals surface area contributed by atoms with Crippen LogP contribution in [-0.2, 0) is 0 Å². The van der Waals surface area contributed by atoms with Gasteiger partial charge in [0.2, 0.25) is 0 Å². The number of amides is 2. The Hall–Kier alpha value is -2.49. The predicted octanol–water partition coefficient (Wildman–Crippen LogP) is 4.50. The quantitative estimate of drug-likeness (QED) is 0.903. The molecule has 126 valence electrons. The summed E-state index contributed by atoms with van der Waals surface area (Å²) in [7, 11) is 1.63. The first-order valence-electron chi connectivity index (χ1n) is 8.51. The summed E-state index contributed by atoms with van der Waals surface area (Å²) < 4.78 is 5.21. The SMILES string of the molecule is COc1cccc(NC(=O)N2CCCCC(c3ccccc3)C2)c1. The fraction of sp³-hybridized carbons (Fsp3) is 0.350. The fourth-order valence-electron chi connectivity index (χ4n) is 3.23. The highest BCUT2D eigenvalue weighted by Gasteiger charge is 2.23. The molecule has 2 amide bonds. The van der Waals surface area contributed by atoms with Crippen LogP contribution in [0.25, 0.3) is 0 Å². The highest BCUT2D eigenvalue weighted by atomic mass is 16.5. The molecule has 1 atom stereocenters. The average Bonchev–Trinajstić information content (AvgIpc) is 2.89. The second-order valence-corrected chi connectivity index (χ2v) is 6.21. The van der Waals surface area contributed by atoms with Crippen molar-refractivity contribution in [3.05, 3.63) is 60.2 Å². The number of likely N-dealkylation sites (tertiary alicyclic amines) is 1. The molecule has 0 saturated carbocycles. The Morgan fingerprint density at radius 2 is 1.96 bits per heavy atom. The number of rotatable bonds is 3. The predicted molar refractivity (Wildman–Crippen MR) is 96.6 cm³/mol. The number of nitrogens with zero attached hydrogens (tertiary/aromatic N) is 1. The summed E-state index contributed by atoms with van der Waals surface area (Å²) >= 11 is 0. The van der Waals surface area contributed by atoms with E-state index in [1.165, 1.54) is 5.56 Å². The number of hydrogen-bond acceptors (Lipinski definition) is 2. The zero-order valence-corrected chi connectivity index (χ0v) is 14.1. The minimum atomic E-state index is -0.0360. The molecule has 1 saturated heterocycles. The van der Waals surface area contributed by atoms with E-state index < -0.39 is 0 Å². The Kier molecular flexibility index (Phi) is 5.36. The second kappa shape index (κ2) is 7.86. The zero-order valence-electron chi connectivity index (χ0n) is 14.1. The summed E-state index contributed by atoms with van der Waals surface area (Å²) in [5.41, 5.74) is 2.08. The normalized spacial score (nSPS) is 17.9. The number of anilines is 1. The molecule has 0 aliphatic carbocycles. The monoisotopic (exact) mass is 324 g/mol. The van der Waals surface area contributed by atoms with Gasteiger partial charge in [-0.3, -0.25) is 0 Å². The van der Waals surface area contributed by atoms with Gasteiger partial charge in [0, 0.05) is 30.8 Å². The summed E-state index contributed by atoms with van der Waals surface area (Å²) in [6.07, 6.45) is 3.34. The van der Waals surface area contributed by atoms with E-state index in [0.29, 0.717) is 5.92 Å². The van der Waals surface area contributed by atoms with Gasteiger partial charge in [0.15, 0.2) is 0 Å². The van der Waals surface area contributed by atoms with Crippen LogP contribution in [0.5, 0.6) is 5.75 Å². The average molecular weight is 324 g/mol. The van der Waals surface area contributed by atoms with Gasteiger partial charge in [0.05, 0.1) is 7.11 Å². The van der Waals surface area contributed by atoms with Crippen LogP contribution in [0.1, 0.15) is 30.7 Å². The van der Waals surface area contributed by atoms with E-state index in [4.69, 9.17) is 4.74 Å². The van der Waals surface area contributed by atoms with Crippen molar-refractivity contribution >= 4 is 11.7 Å². The van der Waals surface area contributed by atoms with E-state index in [0.717, 1.165) is 43.8 Å². The zero-order chi connectivity index (χ0) is 16.8. The van der Waals surface area contributed by atoms with Crippen LogP contribution in [0, 0.1) is 0 Å². The van der Waals surface area contributed by atoms with Gasteiger partial charge in [-0.2, -0.15) is 0 Å². The lowest BCUT2D eigenvalue weighted by Crippen LogP contribution is -2.37. The first kappa shape index (κ1) is 16.4. The van der Waals surface area contributed by atoms with E-state index in [1.54, 1.807) is 7.11 Å². The first-order valence-corrected chi connectivity index (χ1v) is 8.51.